The third-order valence-electron chi connectivity index (χ3n) is 6.86. The van der Waals surface area contributed by atoms with Gasteiger partial charge in [0.2, 0.25) is 0 Å². The van der Waals surface area contributed by atoms with Gasteiger partial charge in [0.15, 0.2) is 5.78 Å². The first kappa shape index (κ1) is 21.3. The Hall–Kier alpha value is -1.97. The molecular weight excluding hydrogens is 368 g/mol. The van der Waals surface area contributed by atoms with Crippen molar-refractivity contribution >= 4 is 5.78 Å². The van der Waals surface area contributed by atoms with E-state index in [0.29, 0.717) is 5.78 Å². The Bertz CT molecular complexity index is 698. The fraction of sp³-hybridized carbons (Fsp3) is 0.519. The number of rotatable bonds is 8. The van der Waals surface area contributed by atoms with Crippen molar-refractivity contribution in [3.8, 4) is 0 Å². The first-order valence-corrected chi connectivity index (χ1v) is 11.9. The second-order valence-electron chi connectivity index (χ2n) is 9.01. The molecule has 30 heavy (non-hydrogen) atoms. The molecule has 2 fully saturated rings. The number of ketones is 1. The summed E-state index contributed by atoms with van der Waals surface area (Å²) < 4.78 is 0. The van der Waals surface area contributed by atoms with Gasteiger partial charge in [-0.3, -0.25) is 14.6 Å². The lowest BCUT2D eigenvalue weighted by molar-refractivity contribution is -0.130. The van der Waals surface area contributed by atoms with Crippen LogP contribution >= 0.6 is 0 Å². The predicted molar refractivity (Wildman–Crippen MR) is 124 cm³/mol. The van der Waals surface area contributed by atoms with Crippen LogP contribution in [-0.4, -0.2) is 53.8 Å². The normalized spacial score (nSPS) is 20.5. The number of benzene rings is 2. The largest absolute Gasteiger partial charge is 0.296 e. The quantitative estimate of drug-likeness (QED) is 0.634. The first-order chi connectivity index (χ1) is 14.8. The van der Waals surface area contributed by atoms with Crippen molar-refractivity contribution in [3.63, 3.8) is 0 Å². The summed E-state index contributed by atoms with van der Waals surface area (Å²) in [5.74, 6) is 0.437. The first-order valence-electron chi connectivity index (χ1n) is 11.9. The minimum absolute atomic E-state index is 0.0108. The topological polar surface area (TPSA) is 23.6 Å². The molecule has 2 atom stereocenters. The summed E-state index contributed by atoms with van der Waals surface area (Å²) >= 11 is 0. The summed E-state index contributed by atoms with van der Waals surface area (Å²) in [5, 5.41) is 0. The minimum atomic E-state index is -0.0108. The lowest BCUT2D eigenvalue weighted by Crippen LogP contribution is -2.55. The third kappa shape index (κ3) is 5.59. The summed E-state index contributed by atoms with van der Waals surface area (Å²) in [5.41, 5.74) is 2.55. The molecule has 0 aliphatic carbocycles. The van der Waals surface area contributed by atoms with E-state index in [1.165, 1.54) is 49.7 Å². The Morgan fingerprint density at radius 3 is 1.33 bits per heavy atom. The van der Waals surface area contributed by atoms with Crippen molar-refractivity contribution in [2.24, 2.45) is 0 Å². The highest BCUT2D eigenvalue weighted by atomic mass is 16.1. The van der Waals surface area contributed by atoms with Gasteiger partial charge in [-0.15, -0.1) is 0 Å². The monoisotopic (exact) mass is 404 g/mol. The molecule has 2 heterocycles. The molecule has 3 heteroatoms. The number of likely N-dealkylation sites (tertiary alicyclic amines) is 2. The van der Waals surface area contributed by atoms with E-state index in [4.69, 9.17) is 0 Å². The Morgan fingerprint density at radius 1 is 0.600 bits per heavy atom. The van der Waals surface area contributed by atoms with Gasteiger partial charge in [-0.1, -0.05) is 73.5 Å². The molecule has 2 aliphatic heterocycles. The molecule has 3 nitrogen and oxygen atoms in total. The zero-order chi connectivity index (χ0) is 20.6. The summed E-state index contributed by atoms with van der Waals surface area (Å²) in [6, 6.07) is 21.2. The minimum Gasteiger partial charge on any atom is -0.296 e. The average molecular weight is 405 g/mol. The van der Waals surface area contributed by atoms with Crippen molar-refractivity contribution in [2.45, 2.75) is 63.5 Å². The number of nitrogens with zero attached hydrogens (tertiary/aromatic N) is 2. The maximum Gasteiger partial charge on any atom is 0.167 e. The molecule has 0 aromatic heterocycles. The lowest BCUT2D eigenvalue weighted by Gasteiger charge is -2.40. The summed E-state index contributed by atoms with van der Waals surface area (Å²) in [6.07, 6.45) is 9.11. The van der Waals surface area contributed by atoms with Crippen LogP contribution in [0, 0.1) is 0 Å². The SMILES string of the molecule is O=C(C(Cc1ccccc1)N1CCCCC1)C(Cc1ccccc1)N1CCCCC1. The van der Waals surface area contributed by atoms with Crippen molar-refractivity contribution < 1.29 is 4.79 Å². The standard InChI is InChI=1S/C27H36N2O/c30-27(25(28-17-9-3-10-18-28)21-23-13-5-1-6-14-23)26(29-19-11-4-12-20-29)22-24-15-7-2-8-16-24/h1-2,5-8,13-16,25-26H,3-4,9-12,17-22H2. The maximum atomic E-state index is 14.2. The molecule has 0 bridgehead atoms. The van der Waals surface area contributed by atoms with E-state index in [-0.39, 0.29) is 12.1 Å². The molecule has 160 valence electrons. The van der Waals surface area contributed by atoms with Crippen LogP contribution < -0.4 is 0 Å². The number of carbonyl (C=O) groups excluding carboxylic acids is 1. The maximum absolute atomic E-state index is 14.2. The van der Waals surface area contributed by atoms with Crippen LogP contribution in [0.15, 0.2) is 60.7 Å². The Balaban J connectivity index is 1.59. The fourth-order valence-corrected chi connectivity index (χ4v) is 5.18. The van der Waals surface area contributed by atoms with Gasteiger partial charge < -0.3 is 0 Å². The second kappa shape index (κ2) is 10.9. The summed E-state index contributed by atoms with van der Waals surface area (Å²) in [6.45, 7) is 4.23. The number of hydrogen-bond acceptors (Lipinski definition) is 3. The summed E-state index contributed by atoms with van der Waals surface area (Å²) in [7, 11) is 0. The Morgan fingerprint density at radius 2 is 0.967 bits per heavy atom. The van der Waals surface area contributed by atoms with E-state index in [9.17, 15) is 4.79 Å². The van der Waals surface area contributed by atoms with Crippen LogP contribution in [0.2, 0.25) is 0 Å². The number of piperidine rings is 2. The van der Waals surface area contributed by atoms with Gasteiger partial charge in [0, 0.05) is 0 Å². The van der Waals surface area contributed by atoms with Crippen LogP contribution in [0.4, 0.5) is 0 Å². The zero-order valence-electron chi connectivity index (χ0n) is 18.2. The van der Waals surface area contributed by atoms with Crippen LogP contribution in [0.3, 0.4) is 0 Å². The molecule has 2 aromatic carbocycles. The average Bonchev–Trinajstić information content (AvgIpc) is 2.83. The van der Waals surface area contributed by atoms with E-state index in [1.807, 2.05) is 0 Å². The van der Waals surface area contributed by atoms with Gasteiger partial charge in [-0.25, -0.2) is 0 Å². The summed E-state index contributed by atoms with van der Waals surface area (Å²) in [4.78, 5) is 19.1. The van der Waals surface area contributed by atoms with E-state index in [2.05, 4.69) is 70.5 Å². The van der Waals surface area contributed by atoms with Gasteiger partial charge in [0.05, 0.1) is 12.1 Å². The van der Waals surface area contributed by atoms with Gasteiger partial charge in [-0.2, -0.15) is 0 Å². The highest BCUT2D eigenvalue weighted by Crippen LogP contribution is 2.23. The highest BCUT2D eigenvalue weighted by molar-refractivity contribution is 5.89. The lowest BCUT2D eigenvalue weighted by atomic mass is 9.90. The van der Waals surface area contributed by atoms with Crippen molar-refractivity contribution in [1.29, 1.82) is 0 Å². The van der Waals surface area contributed by atoms with Gasteiger partial charge in [-0.05, 0) is 75.8 Å². The third-order valence-corrected chi connectivity index (χ3v) is 6.86. The molecule has 2 unspecified atom stereocenters. The van der Waals surface area contributed by atoms with Gasteiger partial charge in [0.1, 0.15) is 0 Å². The van der Waals surface area contributed by atoms with Crippen molar-refractivity contribution in [1.82, 2.24) is 9.80 Å². The van der Waals surface area contributed by atoms with Crippen LogP contribution in [0.25, 0.3) is 0 Å². The zero-order valence-corrected chi connectivity index (χ0v) is 18.2. The highest BCUT2D eigenvalue weighted by Gasteiger charge is 2.35. The Kier molecular flexibility index (Phi) is 7.71. The molecule has 2 aromatic rings. The van der Waals surface area contributed by atoms with E-state index in [1.54, 1.807) is 0 Å². The molecule has 2 aliphatic rings. The predicted octanol–water partition coefficient (Wildman–Crippen LogP) is 4.75. The molecule has 0 radical (unpaired) electrons. The molecular formula is C27H36N2O. The van der Waals surface area contributed by atoms with Crippen molar-refractivity contribution in [2.75, 3.05) is 26.2 Å². The smallest absolute Gasteiger partial charge is 0.167 e. The number of Topliss-reactive ketones (excluding diaryl/α,β-unsaturated/α-hetero) is 1. The van der Waals surface area contributed by atoms with Crippen LogP contribution in [-0.2, 0) is 17.6 Å². The van der Waals surface area contributed by atoms with Crippen LogP contribution in [0.1, 0.15) is 49.7 Å². The molecule has 0 N–H and O–H groups in total. The van der Waals surface area contributed by atoms with Gasteiger partial charge >= 0.3 is 0 Å². The van der Waals surface area contributed by atoms with Crippen LogP contribution in [0.5, 0.6) is 0 Å². The molecule has 2 saturated heterocycles. The van der Waals surface area contributed by atoms with E-state index in [0.717, 1.165) is 39.0 Å². The second-order valence-corrected chi connectivity index (χ2v) is 9.01. The molecule has 0 saturated carbocycles. The van der Waals surface area contributed by atoms with Crippen molar-refractivity contribution in [3.05, 3.63) is 71.8 Å². The molecule has 0 amide bonds. The number of hydrogen-bond donors (Lipinski definition) is 0. The molecule has 4 rings (SSSR count). The van der Waals surface area contributed by atoms with E-state index < -0.39 is 0 Å². The molecule has 0 spiro atoms. The Labute approximate surface area is 182 Å². The van der Waals surface area contributed by atoms with Gasteiger partial charge in [0.25, 0.3) is 0 Å². The number of carbonyl (C=O) groups is 1. The fourth-order valence-electron chi connectivity index (χ4n) is 5.18. The van der Waals surface area contributed by atoms with E-state index >= 15 is 0 Å².